The second-order valence-electron chi connectivity index (χ2n) is 4.00. The third kappa shape index (κ3) is 2.48. The van der Waals surface area contributed by atoms with E-state index in [1.54, 1.807) is 6.07 Å². The van der Waals surface area contributed by atoms with Gasteiger partial charge in [-0.15, -0.1) is 0 Å². The van der Waals surface area contributed by atoms with Crippen LogP contribution in [0, 0.1) is 12.7 Å². The zero-order valence-electron chi connectivity index (χ0n) is 9.91. The summed E-state index contributed by atoms with van der Waals surface area (Å²) in [5.41, 5.74) is 7.66. The lowest BCUT2D eigenvalue weighted by Crippen LogP contribution is -2.15. The first-order chi connectivity index (χ1) is 8.58. The summed E-state index contributed by atoms with van der Waals surface area (Å²) in [4.78, 5) is 12.0. The van der Waals surface area contributed by atoms with Crippen LogP contribution in [0.5, 0.6) is 0 Å². The second-order valence-corrected chi connectivity index (χ2v) is 4.00. The number of nitrogens with two attached hydrogens (primary N) is 1. The molecule has 92 valence electrons. The summed E-state index contributed by atoms with van der Waals surface area (Å²) in [5, 5.41) is 2.71. The Kier molecular flexibility index (Phi) is 3.28. The van der Waals surface area contributed by atoms with E-state index in [-0.39, 0.29) is 11.3 Å². The average molecular weight is 244 g/mol. The molecule has 0 radical (unpaired) electrons. The Morgan fingerprint density at radius 3 is 2.67 bits per heavy atom. The molecule has 18 heavy (non-hydrogen) atoms. The summed E-state index contributed by atoms with van der Waals surface area (Å²) in [7, 11) is 0. The van der Waals surface area contributed by atoms with Crippen LogP contribution in [0.3, 0.4) is 0 Å². The largest absolute Gasteiger partial charge is 0.398 e. The monoisotopic (exact) mass is 244 g/mol. The van der Waals surface area contributed by atoms with Gasteiger partial charge >= 0.3 is 0 Å². The molecule has 0 aromatic heterocycles. The first-order valence-corrected chi connectivity index (χ1v) is 5.50. The first-order valence-electron chi connectivity index (χ1n) is 5.50. The zero-order valence-corrected chi connectivity index (χ0v) is 9.91. The van der Waals surface area contributed by atoms with E-state index >= 15 is 0 Å². The van der Waals surface area contributed by atoms with Crippen LogP contribution in [0.1, 0.15) is 15.9 Å². The number of benzene rings is 2. The average Bonchev–Trinajstić information content (AvgIpc) is 2.35. The zero-order chi connectivity index (χ0) is 13.1. The molecule has 0 bridgehead atoms. The van der Waals surface area contributed by atoms with Crippen LogP contribution in [-0.4, -0.2) is 5.91 Å². The molecule has 2 aromatic carbocycles. The molecule has 0 aliphatic rings. The normalized spacial score (nSPS) is 10.1. The topological polar surface area (TPSA) is 55.1 Å². The minimum absolute atomic E-state index is 0.137. The number of para-hydroxylation sites is 1. The molecular weight excluding hydrogens is 231 g/mol. The maximum atomic E-state index is 13.1. The van der Waals surface area contributed by atoms with E-state index in [2.05, 4.69) is 5.32 Å². The summed E-state index contributed by atoms with van der Waals surface area (Å²) in [6.07, 6.45) is 0. The number of anilines is 2. The standard InChI is InChI=1S/C14H13FN2O/c1-9-4-2-3-5-13(9)17-14(18)11-8-10(15)6-7-12(11)16/h2-8H,16H2,1H3,(H,17,18). The van der Waals surface area contributed by atoms with Crippen molar-refractivity contribution in [3.05, 3.63) is 59.4 Å². The minimum atomic E-state index is -0.487. The quantitative estimate of drug-likeness (QED) is 0.798. The van der Waals surface area contributed by atoms with Crippen LogP contribution >= 0.6 is 0 Å². The fourth-order valence-electron chi connectivity index (χ4n) is 1.63. The Labute approximate surface area is 104 Å². The Bertz CT molecular complexity index is 596. The van der Waals surface area contributed by atoms with E-state index in [0.717, 1.165) is 11.6 Å². The van der Waals surface area contributed by atoms with Gasteiger partial charge in [0.25, 0.3) is 5.91 Å². The number of amides is 1. The van der Waals surface area contributed by atoms with Gasteiger partial charge in [0.15, 0.2) is 0 Å². The highest BCUT2D eigenvalue weighted by Gasteiger charge is 2.11. The molecule has 0 fully saturated rings. The molecule has 2 rings (SSSR count). The van der Waals surface area contributed by atoms with E-state index < -0.39 is 11.7 Å². The van der Waals surface area contributed by atoms with Gasteiger partial charge in [-0.25, -0.2) is 4.39 Å². The highest BCUT2D eigenvalue weighted by Crippen LogP contribution is 2.18. The van der Waals surface area contributed by atoms with Crippen molar-refractivity contribution in [1.82, 2.24) is 0 Å². The molecule has 2 aromatic rings. The summed E-state index contributed by atoms with van der Waals surface area (Å²) in [6.45, 7) is 1.88. The van der Waals surface area contributed by atoms with Gasteiger partial charge in [-0.05, 0) is 36.8 Å². The van der Waals surface area contributed by atoms with Crippen molar-refractivity contribution in [2.24, 2.45) is 0 Å². The predicted octanol–water partition coefficient (Wildman–Crippen LogP) is 2.97. The molecule has 0 unspecified atom stereocenters. The molecule has 0 aliphatic carbocycles. The molecule has 0 spiro atoms. The maximum Gasteiger partial charge on any atom is 0.257 e. The van der Waals surface area contributed by atoms with Crippen molar-refractivity contribution in [3.8, 4) is 0 Å². The molecular formula is C14H13FN2O. The number of carbonyl (C=O) groups is 1. The molecule has 0 atom stereocenters. The van der Waals surface area contributed by atoms with E-state index in [1.807, 2.05) is 25.1 Å². The van der Waals surface area contributed by atoms with Gasteiger partial charge in [0.2, 0.25) is 0 Å². The number of aryl methyl sites for hydroxylation is 1. The van der Waals surface area contributed by atoms with Gasteiger partial charge in [0.05, 0.1) is 5.56 Å². The van der Waals surface area contributed by atoms with Gasteiger partial charge in [-0.2, -0.15) is 0 Å². The first kappa shape index (κ1) is 12.1. The van der Waals surface area contributed by atoms with Crippen molar-refractivity contribution >= 4 is 17.3 Å². The van der Waals surface area contributed by atoms with Crippen LogP contribution in [0.2, 0.25) is 0 Å². The Balaban J connectivity index is 2.28. The summed E-state index contributed by atoms with van der Waals surface area (Å²) in [6, 6.07) is 11.1. The van der Waals surface area contributed by atoms with E-state index in [1.165, 1.54) is 12.1 Å². The molecule has 0 saturated heterocycles. The van der Waals surface area contributed by atoms with E-state index in [0.29, 0.717) is 5.69 Å². The van der Waals surface area contributed by atoms with Crippen molar-refractivity contribution in [3.63, 3.8) is 0 Å². The highest BCUT2D eigenvalue weighted by atomic mass is 19.1. The van der Waals surface area contributed by atoms with Gasteiger partial charge in [-0.1, -0.05) is 18.2 Å². The molecule has 1 amide bonds. The van der Waals surface area contributed by atoms with Gasteiger partial charge in [0, 0.05) is 11.4 Å². The molecule has 0 saturated carbocycles. The number of halogens is 1. The maximum absolute atomic E-state index is 13.1. The number of hydrogen-bond donors (Lipinski definition) is 2. The van der Waals surface area contributed by atoms with Crippen molar-refractivity contribution in [2.45, 2.75) is 6.92 Å². The van der Waals surface area contributed by atoms with Crippen molar-refractivity contribution < 1.29 is 9.18 Å². The number of nitrogens with one attached hydrogen (secondary N) is 1. The Morgan fingerprint density at radius 2 is 1.94 bits per heavy atom. The lowest BCUT2D eigenvalue weighted by Gasteiger charge is -2.09. The van der Waals surface area contributed by atoms with Crippen LogP contribution in [0.25, 0.3) is 0 Å². The number of hydrogen-bond acceptors (Lipinski definition) is 2. The number of rotatable bonds is 2. The lowest BCUT2D eigenvalue weighted by molar-refractivity contribution is 0.102. The molecule has 4 heteroatoms. The van der Waals surface area contributed by atoms with Gasteiger partial charge in [0.1, 0.15) is 5.82 Å². The highest BCUT2D eigenvalue weighted by molar-refractivity contribution is 6.08. The van der Waals surface area contributed by atoms with E-state index in [9.17, 15) is 9.18 Å². The summed E-state index contributed by atoms with van der Waals surface area (Å²) >= 11 is 0. The third-order valence-electron chi connectivity index (χ3n) is 2.65. The lowest BCUT2D eigenvalue weighted by atomic mass is 10.1. The van der Waals surface area contributed by atoms with Crippen LogP contribution in [0.15, 0.2) is 42.5 Å². The van der Waals surface area contributed by atoms with Crippen LogP contribution in [-0.2, 0) is 0 Å². The van der Waals surface area contributed by atoms with Crippen molar-refractivity contribution in [1.29, 1.82) is 0 Å². The molecule has 0 heterocycles. The summed E-state index contributed by atoms with van der Waals surface area (Å²) < 4.78 is 13.1. The predicted molar refractivity (Wildman–Crippen MR) is 69.9 cm³/mol. The fraction of sp³-hybridized carbons (Fsp3) is 0.0714. The number of carbonyl (C=O) groups excluding carboxylic acids is 1. The minimum Gasteiger partial charge on any atom is -0.398 e. The van der Waals surface area contributed by atoms with Gasteiger partial charge < -0.3 is 11.1 Å². The third-order valence-corrected chi connectivity index (χ3v) is 2.65. The number of nitrogen functional groups attached to an aromatic ring is 1. The Hall–Kier alpha value is -2.36. The Morgan fingerprint density at radius 1 is 1.22 bits per heavy atom. The van der Waals surface area contributed by atoms with Crippen LogP contribution in [0.4, 0.5) is 15.8 Å². The molecule has 3 N–H and O–H groups in total. The smallest absolute Gasteiger partial charge is 0.257 e. The fourth-order valence-corrected chi connectivity index (χ4v) is 1.63. The van der Waals surface area contributed by atoms with Crippen molar-refractivity contribution in [2.75, 3.05) is 11.1 Å². The van der Waals surface area contributed by atoms with Gasteiger partial charge in [-0.3, -0.25) is 4.79 Å². The van der Waals surface area contributed by atoms with E-state index in [4.69, 9.17) is 5.73 Å². The second kappa shape index (κ2) is 4.87. The molecule has 0 aliphatic heterocycles. The SMILES string of the molecule is Cc1ccccc1NC(=O)c1cc(F)ccc1N. The molecule has 3 nitrogen and oxygen atoms in total. The van der Waals surface area contributed by atoms with Crippen LogP contribution < -0.4 is 11.1 Å². The summed E-state index contributed by atoms with van der Waals surface area (Å²) in [5.74, 6) is -0.902.